The van der Waals surface area contributed by atoms with Gasteiger partial charge in [-0.1, -0.05) is 0 Å². The van der Waals surface area contributed by atoms with Crippen molar-refractivity contribution in [2.45, 2.75) is 37.6 Å². The number of rotatable bonds is 3. The molecule has 2 aromatic rings. The number of imidazole rings is 1. The Morgan fingerprint density at radius 2 is 2.00 bits per heavy atom. The fourth-order valence-electron chi connectivity index (χ4n) is 3.88. The minimum Gasteiger partial charge on any atom is -0.348 e. The van der Waals surface area contributed by atoms with E-state index in [2.05, 4.69) is 20.3 Å². The normalized spacial score (nSPS) is 21.1. The zero-order valence-electron chi connectivity index (χ0n) is 13.2. The molecule has 2 fully saturated rings. The second kappa shape index (κ2) is 5.06. The topological polar surface area (TPSA) is 72.7 Å². The smallest absolute Gasteiger partial charge is 0.271 e. The number of nitrogens with one attached hydrogen (secondary N) is 1. The molecule has 0 radical (unpaired) electrons. The summed E-state index contributed by atoms with van der Waals surface area (Å²) < 4.78 is 27.8. The first-order chi connectivity index (χ1) is 11.4. The Morgan fingerprint density at radius 3 is 2.62 bits per heavy atom. The quantitative estimate of drug-likeness (QED) is 0.934. The van der Waals surface area contributed by atoms with Crippen LogP contribution >= 0.6 is 0 Å². The lowest BCUT2D eigenvalue weighted by Crippen LogP contribution is -2.59. The van der Waals surface area contributed by atoms with Gasteiger partial charge in [-0.25, -0.2) is 18.7 Å². The van der Waals surface area contributed by atoms with Crippen molar-refractivity contribution in [2.24, 2.45) is 12.5 Å². The van der Waals surface area contributed by atoms with E-state index in [9.17, 15) is 13.6 Å². The molecule has 0 atom stereocenters. The van der Waals surface area contributed by atoms with Crippen LogP contribution in [0, 0.1) is 5.41 Å². The molecule has 2 saturated carbocycles. The Kier molecular flexibility index (Phi) is 3.20. The largest absolute Gasteiger partial charge is 0.348 e. The molecule has 0 unspecified atom stereocenters. The highest BCUT2D eigenvalue weighted by Crippen LogP contribution is 2.62. The Hall–Kier alpha value is -2.38. The van der Waals surface area contributed by atoms with Crippen LogP contribution in [0.1, 0.15) is 36.2 Å². The van der Waals surface area contributed by atoms with Gasteiger partial charge < -0.3 is 9.88 Å². The second-order valence-electron chi connectivity index (χ2n) is 6.97. The van der Waals surface area contributed by atoms with Gasteiger partial charge in [0.05, 0.1) is 30.6 Å². The van der Waals surface area contributed by atoms with E-state index in [1.807, 2.05) is 7.05 Å². The van der Waals surface area contributed by atoms with Gasteiger partial charge in [-0.2, -0.15) is 0 Å². The maximum atomic E-state index is 13.0. The van der Waals surface area contributed by atoms with Gasteiger partial charge >= 0.3 is 0 Å². The number of aryl methyl sites for hydroxylation is 1. The number of hydrogen-bond donors (Lipinski definition) is 1. The molecule has 1 spiro atoms. The third-order valence-electron chi connectivity index (χ3n) is 4.91. The van der Waals surface area contributed by atoms with E-state index in [-0.39, 0.29) is 35.9 Å². The van der Waals surface area contributed by atoms with Gasteiger partial charge in [0.2, 0.25) is 5.92 Å². The molecule has 0 aromatic carbocycles. The molecular weight excluding hydrogens is 316 g/mol. The molecule has 0 aliphatic heterocycles. The first kappa shape index (κ1) is 15.2. The summed E-state index contributed by atoms with van der Waals surface area (Å²) in [6.07, 6.45) is 7.39. The number of carbonyl (C=O) groups is 1. The average molecular weight is 333 g/mol. The number of aromatic nitrogens is 4. The molecule has 6 nitrogen and oxygen atoms in total. The van der Waals surface area contributed by atoms with Crippen LogP contribution in [-0.4, -0.2) is 37.4 Å². The molecule has 2 aromatic heterocycles. The molecular formula is C16H17F2N5O. The second-order valence-corrected chi connectivity index (χ2v) is 6.97. The summed E-state index contributed by atoms with van der Waals surface area (Å²) in [5, 5.41) is 2.86. The molecule has 2 aliphatic rings. The minimum atomic E-state index is -2.52. The van der Waals surface area contributed by atoms with E-state index in [0.717, 1.165) is 5.69 Å². The standard InChI is InChI=1S/C16H17F2N5O/c1-23-9-20-6-13(23)11-4-19-5-12(22-11)14(24)21-10-2-15(3-10)7-16(17,18)8-15/h4-6,9-10H,2-3,7-8H2,1H3,(H,21,24). The van der Waals surface area contributed by atoms with Crippen LogP contribution in [0.3, 0.4) is 0 Å². The van der Waals surface area contributed by atoms with Crippen LogP contribution in [0.25, 0.3) is 11.4 Å². The van der Waals surface area contributed by atoms with E-state index < -0.39 is 5.92 Å². The fourth-order valence-corrected chi connectivity index (χ4v) is 3.88. The van der Waals surface area contributed by atoms with Crippen LogP contribution in [-0.2, 0) is 7.05 Å². The lowest BCUT2D eigenvalue weighted by molar-refractivity contribution is -0.197. The van der Waals surface area contributed by atoms with Crippen LogP contribution in [0.4, 0.5) is 8.78 Å². The van der Waals surface area contributed by atoms with E-state index >= 15 is 0 Å². The first-order valence-corrected chi connectivity index (χ1v) is 7.83. The van der Waals surface area contributed by atoms with Gasteiger partial charge in [0.25, 0.3) is 5.91 Å². The van der Waals surface area contributed by atoms with E-state index in [1.165, 1.54) is 6.20 Å². The predicted molar refractivity (Wildman–Crippen MR) is 81.3 cm³/mol. The van der Waals surface area contributed by atoms with Crippen molar-refractivity contribution in [1.29, 1.82) is 0 Å². The summed E-state index contributed by atoms with van der Waals surface area (Å²) in [7, 11) is 1.83. The molecule has 2 aliphatic carbocycles. The Bertz CT molecular complexity index is 787. The van der Waals surface area contributed by atoms with Crippen LogP contribution in [0.15, 0.2) is 24.9 Å². The van der Waals surface area contributed by atoms with Gasteiger partial charge in [0.1, 0.15) is 11.4 Å². The number of alkyl halides is 2. The summed E-state index contributed by atoms with van der Waals surface area (Å²) in [4.78, 5) is 24.7. The Morgan fingerprint density at radius 1 is 1.25 bits per heavy atom. The lowest BCUT2D eigenvalue weighted by Gasteiger charge is -2.57. The van der Waals surface area contributed by atoms with Crippen LogP contribution < -0.4 is 5.32 Å². The first-order valence-electron chi connectivity index (χ1n) is 7.83. The molecule has 4 rings (SSSR count). The van der Waals surface area contributed by atoms with Crippen molar-refractivity contribution in [3.8, 4) is 11.4 Å². The highest BCUT2D eigenvalue weighted by Gasteiger charge is 2.61. The van der Waals surface area contributed by atoms with Gasteiger partial charge in [0, 0.05) is 25.9 Å². The SMILES string of the molecule is Cn1cncc1-c1cncc(C(=O)NC2CC3(C2)CC(F)(F)C3)n1. The molecule has 126 valence electrons. The fraction of sp³-hybridized carbons (Fsp3) is 0.500. The van der Waals surface area contributed by atoms with Crippen molar-refractivity contribution in [3.05, 3.63) is 30.6 Å². The summed E-state index contributed by atoms with van der Waals surface area (Å²) >= 11 is 0. The Labute approximate surface area is 137 Å². The monoisotopic (exact) mass is 333 g/mol. The van der Waals surface area contributed by atoms with Gasteiger partial charge in [-0.3, -0.25) is 9.78 Å². The number of carbonyl (C=O) groups excluding carboxylic acids is 1. The molecule has 8 heteroatoms. The summed E-state index contributed by atoms with van der Waals surface area (Å²) in [5.41, 5.74) is 1.28. The molecule has 1 amide bonds. The van der Waals surface area contributed by atoms with Gasteiger partial charge in [-0.15, -0.1) is 0 Å². The van der Waals surface area contributed by atoms with Crippen LogP contribution in [0.2, 0.25) is 0 Å². The maximum Gasteiger partial charge on any atom is 0.271 e. The van der Waals surface area contributed by atoms with E-state index in [1.54, 1.807) is 23.3 Å². The summed E-state index contributed by atoms with van der Waals surface area (Å²) in [5.74, 6) is -2.84. The molecule has 0 bridgehead atoms. The van der Waals surface area contributed by atoms with Crippen molar-refractivity contribution in [3.63, 3.8) is 0 Å². The summed E-state index contributed by atoms with van der Waals surface area (Å²) in [6, 6.07) is -0.0595. The summed E-state index contributed by atoms with van der Waals surface area (Å²) in [6.45, 7) is 0. The van der Waals surface area contributed by atoms with Crippen LogP contribution in [0.5, 0.6) is 0 Å². The number of nitrogens with zero attached hydrogens (tertiary/aromatic N) is 4. The van der Waals surface area contributed by atoms with Gasteiger partial charge in [0.15, 0.2) is 0 Å². The zero-order chi connectivity index (χ0) is 16.9. The average Bonchev–Trinajstić information content (AvgIpc) is 2.89. The molecule has 0 saturated heterocycles. The molecule has 1 N–H and O–H groups in total. The highest BCUT2D eigenvalue weighted by molar-refractivity contribution is 5.92. The Balaban J connectivity index is 1.40. The van der Waals surface area contributed by atoms with Crippen molar-refractivity contribution in [2.75, 3.05) is 0 Å². The number of hydrogen-bond acceptors (Lipinski definition) is 4. The van der Waals surface area contributed by atoms with Crippen molar-refractivity contribution < 1.29 is 13.6 Å². The third kappa shape index (κ3) is 2.55. The number of halogens is 2. The maximum absolute atomic E-state index is 13.0. The van der Waals surface area contributed by atoms with E-state index in [0.29, 0.717) is 18.5 Å². The number of amides is 1. The van der Waals surface area contributed by atoms with Gasteiger partial charge in [-0.05, 0) is 18.3 Å². The molecule has 24 heavy (non-hydrogen) atoms. The predicted octanol–water partition coefficient (Wildman–Crippen LogP) is 2.18. The van der Waals surface area contributed by atoms with E-state index in [4.69, 9.17) is 0 Å². The zero-order valence-corrected chi connectivity index (χ0v) is 13.2. The lowest BCUT2D eigenvalue weighted by atomic mass is 9.52. The third-order valence-corrected chi connectivity index (χ3v) is 4.91. The highest BCUT2D eigenvalue weighted by atomic mass is 19.3. The van der Waals surface area contributed by atoms with Crippen molar-refractivity contribution >= 4 is 5.91 Å². The molecule has 2 heterocycles. The van der Waals surface area contributed by atoms with Crippen molar-refractivity contribution in [1.82, 2.24) is 24.8 Å². The minimum absolute atomic E-state index is 0.0534.